The fourth-order valence-corrected chi connectivity index (χ4v) is 2.54. The van der Waals surface area contributed by atoms with Crippen molar-refractivity contribution >= 4 is 35.5 Å². The molecule has 5 heteroatoms. The summed E-state index contributed by atoms with van der Waals surface area (Å²) in [5.41, 5.74) is 0. The molecule has 1 heterocycles. The Labute approximate surface area is 106 Å². The van der Waals surface area contributed by atoms with E-state index >= 15 is 0 Å². The highest BCUT2D eigenvalue weighted by molar-refractivity contribution is 7.99. The minimum atomic E-state index is 0. The lowest BCUT2D eigenvalue weighted by Gasteiger charge is -2.02. The number of rotatable bonds is 8. The van der Waals surface area contributed by atoms with Gasteiger partial charge in [-0.3, -0.25) is 0 Å². The van der Waals surface area contributed by atoms with Crippen LogP contribution in [0.5, 0.6) is 0 Å². The molecule has 1 aromatic heterocycles. The Hall–Kier alpha value is 0.260. The number of halogens is 1. The summed E-state index contributed by atoms with van der Waals surface area (Å²) >= 11 is 3.69. The Bertz CT molecular complexity index is 219. The summed E-state index contributed by atoms with van der Waals surface area (Å²) in [6.45, 7) is 2.35. The van der Waals surface area contributed by atoms with Crippen molar-refractivity contribution in [1.29, 1.82) is 0 Å². The normalized spacial score (nSPS) is 9.93. The fraction of sp³-hybridized carbons (Fsp3) is 0.600. The lowest BCUT2D eigenvalue weighted by molar-refractivity contribution is 0.296. The van der Waals surface area contributed by atoms with E-state index in [0.29, 0.717) is 6.61 Å². The number of hydrogen-bond donors (Lipinski definition) is 2. The van der Waals surface area contributed by atoms with E-state index in [0.717, 1.165) is 31.0 Å². The number of thiophene rings is 1. The fourth-order valence-electron chi connectivity index (χ4n) is 1.04. The van der Waals surface area contributed by atoms with Crippen LogP contribution >= 0.6 is 35.5 Å². The molecule has 88 valence electrons. The van der Waals surface area contributed by atoms with Crippen molar-refractivity contribution < 1.29 is 5.11 Å². The molecule has 15 heavy (non-hydrogen) atoms. The van der Waals surface area contributed by atoms with E-state index in [1.54, 1.807) is 11.3 Å². The van der Waals surface area contributed by atoms with Crippen LogP contribution in [0.2, 0.25) is 0 Å². The van der Waals surface area contributed by atoms with E-state index in [-0.39, 0.29) is 12.4 Å². The van der Waals surface area contributed by atoms with Crippen molar-refractivity contribution in [1.82, 2.24) is 5.32 Å². The zero-order valence-electron chi connectivity index (χ0n) is 8.65. The van der Waals surface area contributed by atoms with Crippen LogP contribution in [0.4, 0.5) is 0 Å². The second-order valence-electron chi connectivity index (χ2n) is 2.95. The predicted molar refractivity (Wildman–Crippen MR) is 72.3 cm³/mol. The van der Waals surface area contributed by atoms with Crippen LogP contribution in [-0.2, 0) is 6.54 Å². The lowest BCUT2D eigenvalue weighted by Crippen LogP contribution is -2.15. The second-order valence-corrected chi connectivity index (χ2v) is 5.20. The zero-order chi connectivity index (χ0) is 10.1. The third-order valence-electron chi connectivity index (χ3n) is 1.75. The van der Waals surface area contributed by atoms with Gasteiger partial charge in [0.05, 0.1) is 0 Å². The quantitative estimate of drug-likeness (QED) is 0.710. The van der Waals surface area contributed by atoms with Gasteiger partial charge in [-0.25, -0.2) is 0 Å². The molecule has 2 N–H and O–H groups in total. The topological polar surface area (TPSA) is 32.3 Å². The summed E-state index contributed by atoms with van der Waals surface area (Å²) in [7, 11) is 0. The molecule has 0 aromatic carbocycles. The SMILES string of the molecule is Cl.OCCCSCCNCc1cccs1. The maximum atomic E-state index is 8.57. The number of nitrogens with one attached hydrogen (secondary N) is 1. The molecular formula is C10H18ClNOS2. The maximum Gasteiger partial charge on any atom is 0.0438 e. The molecule has 0 fully saturated rings. The van der Waals surface area contributed by atoms with Crippen LogP contribution in [0.15, 0.2) is 17.5 Å². The number of aliphatic hydroxyl groups excluding tert-OH is 1. The molecule has 1 rings (SSSR count). The monoisotopic (exact) mass is 267 g/mol. The van der Waals surface area contributed by atoms with Gasteiger partial charge in [0.2, 0.25) is 0 Å². The van der Waals surface area contributed by atoms with Gasteiger partial charge < -0.3 is 10.4 Å². The van der Waals surface area contributed by atoms with E-state index in [9.17, 15) is 0 Å². The highest BCUT2D eigenvalue weighted by Gasteiger charge is 1.92. The van der Waals surface area contributed by atoms with Gasteiger partial charge in [0.25, 0.3) is 0 Å². The van der Waals surface area contributed by atoms with Gasteiger partial charge >= 0.3 is 0 Å². The van der Waals surface area contributed by atoms with Crippen molar-refractivity contribution in [3.05, 3.63) is 22.4 Å². The van der Waals surface area contributed by atoms with E-state index in [4.69, 9.17) is 5.11 Å². The Morgan fingerprint density at radius 3 is 2.93 bits per heavy atom. The first-order valence-electron chi connectivity index (χ1n) is 4.85. The van der Waals surface area contributed by atoms with Crippen molar-refractivity contribution in [3.8, 4) is 0 Å². The third-order valence-corrected chi connectivity index (χ3v) is 3.70. The molecular weight excluding hydrogens is 250 g/mol. The molecule has 0 unspecified atom stereocenters. The van der Waals surface area contributed by atoms with Gasteiger partial charge in [-0.15, -0.1) is 23.7 Å². The molecule has 0 aliphatic carbocycles. The molecule has 2 nitrogen and oxygen atoms in total. The summed E-state index contributed by atoms with van der Waals surface area (Å²) < 4.78 is 0. The van der Waals surface area contributed by atoms with Crippen molar-refractivity contribution in [2.45, 2.75) is 13.0 Å². The van der Waals surface area contributed by atoms with Gasteiger partial charge in [-0.05, 0) is 23.6 Å². The van der Waals surface area contributed by atoms with E-state index in [2.05, 4.69) is 22.8 Å². The molecule has 0 atom stereocenters. The summed E-state index contributed by atoms with van der Waals surface area (Å²) in [6.07, 6.45) is 0.912. The van der Waals surface area contributed by atoms with Crippen molar-refractivity contribution in [3.63, 3.8) is 0 Å². The molecule has 0 saturated carbocycles. The summed E-state index contributed by atoms with van der Waals surface area (Å²) in [4.78, 5) is 1.39. The first-order chi connectivity index (χ1) is 6.93. The average Bonchev–Trinajstić information content (AvgIpc) is 2.69. The molecule has 0 radical (unpaired) electrons. The molecule has 0 saturated heterocycles. The molecule has 0 bridgehead atoms. The molecule has 0 spiro atoms. The minimum absolute atomic E-state index is 0. The Balaban J connectivity index is 0.00000196. The van der Waals surface area contributed by atoms with E-state index in [1.807, 2.05) is 11.8 Å². The first kappa shape index (κ1) is 15.3. The Morgan fingerprint density at radius 1 is 1.40 bits per heavy atom. The Morgan fingerprint density at radius 2 is 2.27 bits per heavy atom. The van der Waals surface area contributed by atoms with Gasteiger partial charge in [-0.2, -0.15) is 11.8 Å². The summed E-state index contributed by atoms with van der Waals surface area (Å²) in [5, 5.41) is 14.1. The molecule has 0 aliphatic rings. The van der Waals surface area contributed by atoms with Gasteiger partial charge in [0.15, 0.2) is 0 Å². The summed E-state index contributed by atoms with van der Waals surface area (Å²) in [6, 6.07) is 4.23. The number of aliphatic hydroxyl groups is 1. The lowest BCUT2D eigenvalue weighted by atomic mass is 10.4. The standard InChI is InChI=1S/C10H17NOS2.ClH/c12-5-2-6-13-8-4-11-9-10-3-1-7-14-10;/h1,3,7,11-12H,2,4-6,8-9H2;1H. The van der Waals surface area contributed by atoms with Crippen molar-refractivity contribution in [2.24, 2.45) is 0 Å². The van der Waals surface area contributed by atoms with Crippen LogP contribution < -0.4 is 5.32 Å². The second kappa shape index (κ2) is 10.8. The zero-order valence-corrected chi connectivity index (χ0v) is 11.1. The number of thioether (sulfide) groups is 1. The minimum Gasteiger partial charge on any atom is -0.396 e. The van der Waals surface area contributed by atoms with Crippen LogP contribution in [0, 0.1) is 0 Å². The first-order valence-corrected chi connectivity index (χ1v) is 6.88. The van der Waals surface area contributed by atoms with Gasteiger partial charge in [0, 0.05) is 30.3 Å². The third kappa shape index (κ3) is 8.11. The largest absolute Gasteiger partial charge is 0.396 e. The number of hydrogen-bond acceptors (Lipinski definition) is 4. The molecule has 1 aromatic rings. The van der Waals surface area contributed by atoms with Gasteiger partial charge in [0.1, 0.15) is 0 Å². The van der Waals surface area contributed by atoms with Crippen LogP contribution in [0.3, 0.4) is 0 Å². The predicted octanol–water partition coefficient (Wildman–Crippen LogP) is 2.38. The van der Waals surface area contributed by atoms with Crippen LogP contribution in [0.25, 0.3) is 0 Å². The van der Waals surface area contributed by atoms with Crippen LogP contribution in [0.1, 0.15) is 11.3 Å². The van der Waals surface area contributed by atoms with E-state index in [1.165, 1.54) is 4.88 Å². The molecule has 0 aliphatic heterocycles. The van der Waals surface area contributed by atoms with E-state index < -0.39 is 0 Å². The maximum absolute atomic E-state index is 8.57. The molecule has 0 amide bonds. The van der Waals surface area contributed by atoms with Crippen molar-refractivity contribution in [2.75, 3.05) is 24.7 Å². The van der Waals surface area contributed by atoms with Gasteiger partial charge in [-0.1, -0.05) is 6.07 Å². The Kier molecular flexibility index (Phi) is 11.0. The van der Waals surface area contributed by atoms with Crippen LogP contribution in [-0.4, -0.2) is 29.8 Å². The smallest absolute Gasteiger partial charge is 0.0438 e. The summed E-state index contributed by atoms with van der Waals surface area (Å²) in [5.74, 6) is 2.20. The highest BCUT2D eigenvalue weighted by atomic mass is 35.5. The average molecular weight is 268 g/mol. The highest BCUT2D eigenvalue weighted by Crippen LogP contribution is 2.07.